The molecule has 0 saturated carbocycles. The van der Waals surface area contributed by atoms with Gasteiger partial charge < -0.3 is 14.8 Å². The van der Waals surface area contributed by atoms with E-state index in [0.717, 1.165) is 26.6 Å². The molecular formula is C25H19ClN2O3S. The molecule has 0 radical (unpaired) electrons. The number of rotatable bonds is 5. The predicted molar refractivity (Wildman–Crippen MR) is 126 cm³/mol. The molecule has 1 aromatic heterocycles. The van der Waals surface area contributed by atoms with Crippen LogP contribution in [0.5, 0.6) is 11.5 Å². The quantitative estimate of drug-likeness (QED) is 0.417. The Balaban J connectivity index is 1.36. The number of amides is 1. The fraction of sp³-hybridized carbons (Fsp3) is 0.120. The first-order valence-corrected chi connectivity index (χ1v) is 11.3. The standard InChI is InChI=1S/C25H19ClN2O3S/c26-16-6-5-7-18(12-16)32-24-13-20(19-8-1-2-9-21(19)28-24)25(29)27-14-17-15-30-22-10-3-4-11-23(22)31-17/h1-13,17H,14-15H2,(H,27,29). The van der Waals surface area contributed by atoms with Crippen molar-refractivity contribution in [1.82, 2.24) is 10.3 Å². The number of carbonyl (C=O) groups is 1. The van der Waals surface area contributed by atoms with E-state index in [-0.39, 0.29) is 12.0 Å². The van der Waals surface area contributed by atoms with Gasteiger partial charge in [-0.15, -0.1) is 0 Å². The zero-order valence-electron chi connectivity index (χ0n) is 17.0. The topological polar surface area (TPSA) is 60.5 Å². The second-order valence-electron chi connectivity index (χ2n) is 7.29. The maximum atomic E-state index is 13.1. The van der Waals surface area contributed by atoms with Crippen LogP contribution in [0.3, 0.4) is 0 Å². The van der Waals surface area contributed by atoms with Crippen molar-refractivity contribution in [3.63, 3.8) is 0 Å². The largest absolute Gasteiger partial charge is 0.486 e. The van der Waals surface area contributed by atoms with Crippen molar-refractivity contribution >= 4 is 40.2 Å². The maximum absolute atomic E-state index is 13.1. The number of benzene rings is 3. The second-order valence-corrected chi connectivity index (χ2v) is 8.82. The van der Waals surface area contributed by atoms with Gasteiger partial charge in [0.2, 0.25) is 0 Å². The molecule has 160 valence electrons. The third kappa shape index (κ3) is 4.52. The summed E-state index contributed by atoms with van der Waals surface area (Å²) >= 11 is 7.58. The summed E-state index contributed by atoms with van der Waals surface area (Å²) in [6, 6.07) is 24.5. The zero-order valence-corrected chi connectivity index (χ0v) is 18.5. The van der Waals surface area contributed by atoms with E-state index in [1.165, 1.54) is 11.8 Å². The number of hydrogen-bond acceptors (Lipinski definition) is 5. The van der Waals surface area contributed by atoms with Crippen LogP contribution in [0.4, 0.5) is 0 Å². The van der Waals surface area contributed by atoms with Gasteiger partial charge in [0, 0.05) is 15.3 Å². The van der Waals surface area contributed by atoms with Crippen LogP contribution in [0, 0.1) is 0 Å². The van der Waals surface area contributed by atoms with Crippen molar-refractivity contribution in [2.75, 3.05) is 13.2 Å². The average molecular weight is 463 g/mol. The molecule has 1 atom stereocenters. The molecule has 5 nitrogen and oxygen atoms in total. The number of nitrogens with one attached hydrogen (secondary N) is 1. The number of para-hydroxylation sites is 3. The Morgan fingerprint density at radius 3 is 2.72 bits per heavy atom. The summed E-state index contributed by atoms with van der Waals surface area (Å²) in [6.07, 6.45) is -0.262. The summed E-state index contributed by atoms with van der Waals surface area (Å²) in [4.78, 5) is 18.8. The Labute approximate surface area is 194 Å². The smallest absolute Gasteiger partial charge is 0.252 e. The van der Waals surface area contributed by atoms with Gasteiger partial charge in [-0.2, -0.15) is 0 Å². The molecule has 7 heteroatoms. The normalized spacial score (nSPS) is 14.8. The lowest BCUT2D eigenvalue weighted by Crippen LogP contribution is -2.40. The van der Waals surface area contributed by atoms with E-state index < -0.39 is 0 Å². The van der Waals surface area contributed by atoms with E-state index in [4.69, 9.17) is 26.1 Å². The first kappa shape index (κ1) is 20.7. The Morgan fingerprint density at radius 2 is 1.84 bits per heavy atom. The van der Waals surface area contributed by atoms with Gasteiger partial charge in [-0.3, -0.25) is 4.79 Å². The molecule has 1 aliphatic heterocycles. The minimum absolute atomic E-state index is 0.181. The fourth-order valence-electron chi connectivity index (χ4n) is 3.51. The second kappa shape index (κ2) is 9.10. The van der Waals surface area contributed by atoms with E-state index in [9.17, 15) is 4.79 Å². The highest BCUT2D eigenvalue weighted by Gasteiger charge is 2.22. The lowest BCUT2D eigenvalue weighted by molar-refractivity contribution is 0.0790. The molecule has 5 rings (SSSR count). The van der Waals surface area contributed by atoms with Gasteiger partial charge >= 0.3 is 0 Å². The molecule has 1 amide bonds. The number of aromatic nitrogens is 1. The minimum Gasteiger partial charge on any atom is -0.486 e. The van der Waals surface area contributed by atoms with Crippen LogP contribution in [0.1, 0.15) is 10.4 Å². The van der Waals surface area contributed by atoms with Crippen LogP contribution in [-0.2, 0) is 0 Å². The zero-order chi connectivity index (χ0) is 21.9. The van der Waals surface area contributed by atoms with Gasteiger partial charge in [0.1, 0.15) is 17.7 Å². The summed E-state index contributed by atoms with van der Waals surface area (Å²) in [7, 11) is 0. The third-order valence-corrected chi connectivity index (χ3v) is 6.16. The molecule has 1 unspecified atom stereocenters. The molecule has 0 spiro atoms. The summed E-state index contributed by atoms with van der Waals surface area (Å²) in [6.45, 7) is 0.713. The Bertz CT molecular complexity index is 1300. The van der Waals surface area contributed by atoms with Gasteiger partial charge in [0.25, 0.3) is 5.91 Å². The molecule has 0 fully saturated rings. The summed E-state index contributed by atoms with van der Waals surface area (Å²) in [5, 5.41) is 5.17. The van der Waals surface area contributed by atoms with E-state index >= 15 is 0 Å². The van der Waals surface area contributed by atoms with Crippen molar-refractivity contribution in [3.05, 3.63) is 89.4 Å². The van der Waals surface area contributed by atoms with Crippen molar-refractivity contribution in [1.29, 1.82) is 0 Å². The molecule has 4 aromatic rings. The number of halogens is 1. The Kier molecular flexibility index (Phi) is 5.88. The van der Waals surface area contributed by atoms with Crippen molar-refractivity contribution in [2.45, 2.75) is 16.0 Å². The SMILES string of the molecule is O=C(NCC1COc2ccccc2O1)c1cc(Sc2cccc(Cl)c2)nc2ccccc12. The molecule has 2 heterocycles. The number of carbonyl (C=O) groups excluding carboxylic acids is 1. The average Bonchev–Trinajstić information content (AvgIpc) is 2.82. The molecule has 0 aliphatic carbocycles. The lowest BCUT2D eigenvalue weighted by atomic mass is 10.1. The lowest BCUT2D eigenvalue weighted by Gasteiger charge is -2.26. The van der Waals surface area contributed by atoms with Gasteiger partial charge in [-0.05, 0) is 42.5 Å². The van der Waals surface area contributed by atoms with E-state index in [2.05, 4.69) is 5.32 Å². The van der Waals surface area contributed by atoms with Crippen molar-refractivity contribution < 1.29 is 14.3 Å². The van der Waals surface area contributed by atoms with Crippen LogP contribution in [0.2, 0.25) is 5.02 Å². The predicted octanol–water partition coefficient (Wildman–Crippen LogP) is 5.61. The summed E-state index contributed by atoms with van der Waals surface area (Å²) in [5.41, 5.74) is 1.33. The van der Waals surface area contributed by atoms with Crippen molar-refractivity contribution in [2.24, 2.45) is 0 Å². The summed E-state index contributed by atoms with van der Waals surface area (Å²) in [5.74, 6) is 1.23. The van der Waals surface area contributed by atoms with Gasteiger partial charge in [-0.25, -0.2) is 4.98 Å². The fourth-order valence-corrected chi connectivity index (χ4v) is 4.66. The highest BCUT2D eigenvalue weighted by molar-refractivity contribution is 7.99. The van der Waals surface area contributed by atoms with E-state index in [1.54, 1.807) is 0 Å². The van der Waals surface area contributed by atoms with Gasteiger partial charge in [0.05, 0.1) is 17.6 Å². The van der Waals surface area contributed by atoms with Crippen LogP contribution in [-0.4, -0.2) is 30.1 Å². The molecule has 0 bridgehead atoms. The molecular weight excluding hydrogens is 444 g/mol. The van der Waals surface area contributed by atoms with Gasteiger partial charge in [0.15, 0.2) is 11.5 Å². The van der Waals surface area contributed by atoms with E-state index in [0.29, 0.717) is 29.5 Å². The van der Waals surface area contributed by atoms with Crippen molar-refractivity contribution in [3.8, 4) is 11.5 Å². The van der Waals surface area contributed by atoms with E-state index in [1.807, 2.05) is 78.9 Å². The highest BCUT2D eigenvalue weighted by Crippen LogP contribution is 2.32. The number of fused-ring (bicyclic) bond motifs is 2. The van der Waals surface area contributed by atoms with Crippen LogP contribution in [0.25, 0.3) is 10.9 Å². The number of ether oxygens (including phenoxy) is 2. The maximum Gasteiger partial charge on any atom is 0.252 e. The highest BCUT2D eigenvalue weighted by atomic mass is 35.5. The number of hydrogen-bond donors (Lipinski definition) is 1. The third-order valence-electron chi connectivity index (χ3n) is 5.01. The Hall–Kier alpha value is -3.22. The number of nitrogens with zero attached hydrogens (tertiary/aromatic N) is 1. The molecule has 1 N–H and O–H groups in total. The number of pyridine rings is 1. The first-order chi connectivity index (χ1) is 15.7. The van der Waals surface area contributed by atoms with Crippen LogP contribution >= 0.6 is 23.4 Å². The monoisotopic (exact) mass is 462 g/mol. The van der Waals surface area contributed by atoms with Crippen LogP contribution in [0.15, 0.2) is 88.8 Å². The molecule has 32 heavy (non-hydrogen) atoms. The van der Waals surface area contributed by atoms with Crippen LogP contribution < -0.4 is 14.8 Å². The first-order valence-electron chi connectivity index (χ1n) is 10.2. The molecule has 3 aromatic carbocycles. The minimum atomic E-state index is -0.262. The Morgan fingerprint density at radius 1 is 1.03 bits per heavy atom. The van der Waals surface area contributed by atoms with Gasteiger partial charge in [-0.1, -0.05) is 59.8 Å². The molecule has 0 saturated heterocycles. The summed E-state index contributed by atoms with van der Waals surface area (Å²) < 4.78 is 11.7. The molecule has 1 aliphatic rings.